The van der Waals surface area contributed by atoms with E-state index in [0.717, 1.165) is 17.9 Å². The van der Waals surface area contributed by atoms with Gasteiger partial charge in [-0.15, -0.1) is 0 Å². The van der Waals surface area contributed by atoms with Crippen LogP contribution in [0.2, 0.25) is 0 Å². The molecule has 3 atom stereocenters. The van der Waals surface area contributed by atoms with Gasteiger partial charge in [-0.1, -0.05) is 62.4 Å². The van der Waals surface area contributed by atoms with Crippen molar-refractivity contribution in [1.82, 2.24) is 5.32 Å². The van der Waals surface area contributed by atoms with Gasteiger partial charge >= 0.3 is 0 Å². The van der Waals surface area contributed by atoms with Crippen LogP contribution in [0.5, 0.6) is 0 Å². The van der Waals surface area contributed by atoms with Gasteiger partial charge < -0.3 is 5.32 Å². The monoisotopic (exact) mass is 257 g/mol. The van der Waals surface area contributed by atoms with E-state index in [0.29, 0.717) is 6.04 Å². The van der Waals surface area contributed by atoms with Gasteiger partial charge in [0.1, 0.15) is 0 Å². The molecule has 1 nitrogen and oxygen atoms in total. The lowest BCUT2D eigenvalue weighted by molar-refractivity contribution is 0.269. The SMILES string of the molecule is CC(N[C@@H]1CCC[C@@H]1C1CCCC1)c1ccccc1. The van der Waals surface area contributed by atoms with Crippen molar-refractivity contribution in [2.24, 2.45) is 11.8 Å². The van der Waals surface area contributed by atoms with Gasteiger partial charge in [0.05, 0.1) is 0 Å². The first-order chi connectivity index (χ1) is 9.34. The summed E-state index contributed by atoms with van der Waals surface area (Å²) >= 11 is 0. The van der Waals surface area contributed by atoms with Crippen molar-refractivity contribution in [2.45, 2.75) is 64.0 Å². The molecule has 1 unspecified atom stereocenters. The molecule has 2 aliphatic carbocycles. The smallest absolute Gasteiger partial charge is 0.0294 e. The Labute approximate surface area is 117 Å². The van der Waals surface area contributed by atoms with Gasteiger partial charge in [0.2, 0.25) is 0 Å². The summed E-state index contributed by atoms with van der Waals surface area (Å²) in [5, 5.41) is 3.92. The highest BCUT2D eigenvalue weighted by Crippen LogP contribution is 2.41. The van der Waals surface area contributed by atoms with Crippen molar-refractivity contribution in [3.8, 4) is 0 Å². The van der Waals surface area contributed by atoms with E-state index in [9.17, 15) is 0 Å². The number of hydrogen-bond donors (Lipinski definition) is 1. The molecular weight excluding hydrogens is 230 g/mol. The molecule has 104 valence electrons. The average Bonchev–Trinajstić information content (AvgIpc) is 3.10. The number of nitrogens with one attached hydrogen (secondary N) is 1. The molecule has 0 saturated heterocycles. The minimum absolute atomic E-state index is 0.494. The fourth-order valence-electron chi connectivity index (χ4n) is 4.30. The van der Waals surface area contributed by atoms with Crippen molar-refractivity contribution in [1.29, 1.82) is 0 Å². The van der Waals surface area contributed by atoms with E-state index in [-0.39, 0.29) is 0 Å². The lowest BCUT2D eigenvalue weighted by Gasteiger charge is -2.29. The van der Waals surface area contributed by atoms with E-state index in [2.05, 4.69) is 42.6 Å². The quantitative estimate of drug-likeness (QED) is 0.824. The summed E-state index contributed by atoms with van der Waals surface area (Å²) in [5.41, 5.74) is 1.43. The third kappa shape index (κ3) is 3.02. The first kappa shape index (κ1) is 13.2. The van der Waals surface area contributed by atoms with E-state index in [1.807, 2.05) is 0 Å². The third-order valence-corrected chi connectivity index (χ3v) is 5.34. The van der Waals surface area contributed by atoms with E-state index >= 15 is 0 Å². The Bertz CT molecular complexity index is 380. The fraction of sp³-hybridized carbons (Fsp3) is 0.667. The van der Waals surface area contributed by atoms with Gasteiger partial charge in [-0.05, 0) is 37.2 Å². The Hall–Kier alpha value is -0.820. The van der Waals surface area contributed by atoms with Crippen LogP contribution in [0.1, 0.15) is 63.5 Å². The molecule has 1 heteroatoms. The zero-order valence-electron chi connectivity index (χ0n) is 12.1. The summed E-state index contributed by atoms with van der Waals surface area (Å²) < 4.78 is 0. The Balaban J connectivity index is 1.62. The second-order valence-corrected chi connectivity index (χ2v) is 6.54. The van der Waals surface area contributed by atoms with Crippen LogP contribution in [0.4, 0.5) is 0 Å². The van der Waals surface area contributed by atoms with Gasteiger partial charge in [0, 0.05) is 12.1 Å². The van der Waals surface area contributed by atoms with Crippen LogP contribution in [0, 0.1) is 11.8 Å². The molecule has 0 amide bonds. The molecule has 1 aromatic rings. The second-order valence-electron chi connectivity index (χ2n) is 6.54. The minimum Gasteiger partial charge on any atom is -0.307 e. The number of benzene rings is 1. The number of hydrogen-bond acceptors (Lipinski definition) is 1. The Kier molecular flexibility index (Phi) is 4.22. The fourth-order valence-corrected chi connectivity index (χ4v) is 4.30. The zero-order valence-corrected chi connectivity index (χ0v) is 12.1. The van der Waals surface area contributed by atoms with Crippen LogP contribution in [-0.4, -0.2) is 6.04 Å². The van der Waals surface area contributed by atoms with Crippen LogP contribution in [0.25, 0.3) is 0 Å². The van der Waals surface area contributed by atoms with Crippen molar-refractivity contribution < 1.29 is 0 Å². The largest absolute Gasteiger partial charge is 0.307 e. The van der Waals surface area contributed by atoms with Gasteiger partial charge in [-0.25, -0.2) is 0 Å². The minimum atomic E-state index is 0.494. The van der Waals surface area contributed by atoms with Crippen molar-refractivity contribution in [3.05, 3.63) is 35.9 Å². The lowest BCUT2D eigenvalue weighted by atomic mass is 9.86. The zero-order chi connectivity index (χ0) is 13.1. The molecule has 2 fully saturated rings. The summed E-state index contributed by atoms with van der Waals surface area (Å²) in [5.74, 6) is 1.97. The van der Waals surface area contributed by atoms with Crippen LogP contribution >= 0.6 is 0 Å². The normalized spacial score (nSPS) is 29.7. The lowest BCUT2D eigenvalue weighted by Crippen LogP contribution is -2.37. The molecule has 0 aromatic heterocycles. The average molecular weight is 257 g/mol. The first-order valence-corrected chi connectivity index (χ1v) is 8.15. The Morgan fingerprint density at radius 3 is 2.42 bits per heavy atom. The van der Waals surface area contributed by atoms with Crippen LogP contribution in [-0.2, 0) is 0 Å². The molecule has 0 heterocycles. The van der Waals surface area contributed by atoms with E-state index in [4.69, 9.17) is 0 Å². The van der Waals surface area contributed by atoms with Gasteiger partial charge in [0.15, 0.2) is 0 Å². The summed E-state index contributed by atoms with van der Waals surface area (Å²) in [6, 6.07) is 12.2. The molecule has 0 aliphatic heterocycles. The molecule has 0 radical (unpaired) electrons. The molecular formula is C18H27N. The highest BCUT2D eigenvalue weighted by molar-refractivity contribution is 5.18. The summed E-state index contributed by atoms with van der Waals surface area (Å²) in [4.78, 5) is 0. The third-order valence-electron chi connectivity index (χ3n) is 5.34. The van der Waals surface area contributed by atoms with Gasteiger partial charge in [-0.2, -0.15) is 0 Å². The van der Waals surface area contributed by atoms with E-state index < -0.39 is 0 Å². The highest BCUT2D eigenvalue weighted by atomic mass is 15.0. The molecule has 3 rings (SSSR count). The maximum Gasteiger partial charge on any atom is 0.0294 e. The maximum atomic E-state index is 3.92. The van der Waals surface area contributed by atoms with Gasteiger partial charge in [-0.3, -0.25) is 0 Å². The number of rotatable bonds is 4. The molecule has 0 spiro atoms. The molecule has 1 N–H and O–H groups in total. The predicted octanol–water partition coefficient (Wildman–Crippen LogP) is 4.70. The topological polar surface area (TPSA) is 12.0 Å². The van der Waals surface area contributed by atoms with Crippen molar-refractivity contribution in [3.63, 3.8) is 0 Å². The standard InChI is InChI=1S/C18H27N/c1-14(15-8-3-2-4-9-15)19-18-13-7-12-17(18)16-10-5-6-11-16/h2-4,8-9,14,16-19H,5-7,10-13H2,1H3/t14?,17-,18-/m1/s1. The first-order valence-electron chi connectivity index (χ1n) is 8.15. The molecule has 2 saturated carbocycles. The van der Waals surface area contributed by atoms with Crippen molar-refractivity contribution >= 4 is 0 Å². The van der Waals surface area contributed by atoms with Crippen LogP contribution in [0.15, 0.2) is 30.3 Å². The van der Waals surface area contributed by atoms with Crippen LogP contribution < -0.4 is 5.32 Å². The molecule has 2 aliphatic rings. The second kappa shape index (κ2) is 6.09. The molecule has 1 aromatic carbocycles. The van der Waals surface area contributed by atoms with Crippen molar-refractivity contribution in [2.75, 3.05) is 0 Å². The maximum absolute atomic E-state index is 3.92. The summed E-state index contributed by atoms with van der Waals surface area (Å²) in [6.45, 7) is 2.32. The summed E-state index contributed by atoms with van der Waals surface area (Å²) in [7, 11) is 0. The highest BCUT2D eigenvalue weighted by Gasteiger charge is 2.35. The predicted molar refractivity (Wildman–Crippen MR) is 81.1 cm³/mol. The van der Waals surface area contributed by atoms with Gasteiger partial charge in [0.25, 0.3) is 0 Å². The van der Waals surface area contributed by atoms with E-state index in [1.165, 1.54) is 50.5 Å². The molecule has 19 heavy (non-hydrogen) atoms. The van der Waals surface area contributed by atoms with E-state index in [1.54, 1.807) is 0 Å². The Morgan fingerprint density at radius 2 is 1.68 bits per heavy atom. The Morgan fingerprint density at radius 1 is 0.947 bits per heavy atom. The molecule has 0 bridgehead atoms. The summed E-state index contributed by atoms with van der Waals surface area (Å²) in [6.07, 6.45) is 10.2. The van der Waals surface area contributed by atoms with Crippen LogP contribution in [0.3, 0.4) is 0 Å².